The van der Waals surface area contributed by atoms with E-state index >= 15 is 0 Å². The highest BCUT2D eigenvalue weighted by molar-refractivity contribution is 6.07. The number of rotatable bonds is 3. The molecule has 2 aromatic heterocycles. The lowest BCUT2D eigenvalue weighted by Gasteiger charge is -2.10. The van der Waals surface area contributed by atoms with E-state index in [2.05, 4.69) is 133 Å². The molecule has 200 valence electrons. The maximum atomic E-state index is 6.37. The third-order valence-corrected chi connectivity index (χ3v) is 8.44. The zero-order chi connectivity index (χ0) is 28.3. The monoisotopic (exact) mass is 548 g/mol. The highest BCUT2D eigenvalue weighted by Crippen LogP contribution is 2.36. The van der Waals surface area contributed by atoms with E-state index in [1.165, 1.54) is 32.7 Å². The van der Waals surface area contributed by atoms with Gasteiger partial charge in [-0.05, 0) is 75.1 Å². The van der Waals surface area contributed by atoms with Gasteiger partial charge in [0.2, 0.25) is 0 Å². The Morgan fingerprint density at radius 2 is 1.00 bits per heavy atom. The molecule has 9 aromatic rings. The molecular formula is C40H24N2O. The zero-order valence-electron chi connectivity index (χ0n) is 23.2. The Balaban J connectivity index is 1.17. The summed E-state index contributed by atoms with van der Waals surface area (Å²) in [6, 6.07) is 51.0. The van der Waals surface area contributed by atoms with Crippen LogP contribution >= 0.6 is 0 Å². The van der Waals surface area contributed by atoms with Crippen molar-refractivity contribution < 1.29 is 4.42 Å². The van der Waals surface area contributed by atoms with Crippen LogP contribution < -0.4 is 0 Å². The Morgan fingerprint density at radius 1 is 0.372 bits per heavy atom. The van der Waals surface area contributed by atoms with Crippen molar-refractivity contribution in [2.24, 2.45) is 0 Å². The van der Waals surface area contributed by atoms with Gasteiger partial charge in [-0.2, -0.15) is 0 Å². The summed E-state index contributed by atoms with van der Waals surface area (Å²) in [5.74, 6) is 0.682. The molecule has 0 radical (unpaired) electrons. The van der Waals surface area contributed by atoms with E-state index < -0.39 is 0 Å². The van der Waals surface area contributed by atoms with Gasteiger partial charge in [-0.1, -0.05) is 103 Å². The average Bonchev–Trinajstić information content (AvgIpc) is 3.44. The van der Waals surface area contributed by atoms with Gasteiger partial charge < -0.3 is 4.42 Å². The molecule has 9 rings (SSSR count). The van der Waals surface area contributed by atoms with Crippen LogP contribution in [0.15, 0.2) is 150 Å². The molecule has 0 fully saturated rings. The minimum atomic E-state index is 0.682. The first-order valence-corrected chi connectivity index (χ1v) is 14.5. The van der Waals surface area contributed by atoms with Gasteiger partial charge in [0.15, 0.2) is 5.82 Å². The highest BCUT2D eigenvalue weighted by Gasteiger charge is 2.15. The van der Waals surface area contributed by atoms with Crippen molar-refractivity contribution in [1.82, 2.24) is 9.97 Å². The molecule has 0 aliphatic rings. The molecule has 0 bridgehead atoms. The van der Waals surface area contributed by atoms with Gasteiger partial charge in [0.25, 0.3) is 0 Å². The first-order valence-electron chi connectivity index (χ1n) is 14.5. The summed E-state index contributed by atoms with van der Waals surface area (Å²) >= 11 is 0. The number of nitrogens with zero attached hydrogens (tertiary/aromatic N) is 2. The van der Waals surface area contributed by atoms with E-state index in [4.69, 9.17) is 14.4 Å². The summed E-state index contributed by atoms with van der Waals surface area (Å²) in [5, 5.41) is 8.10. The van der Waals surface area contributed by atoms with E-state index in [1.807, 2.05) is 12.1 Å². The molecule has 0 aliphatic carbocycles. The van der Waals surface area contributed by atoms with Crippen LogP contribution in [0.5, 0.6) is 0 Å². The lowest BCUT2D eigenvalue weighted by Crippen LogP contribution is -1.95. The SMILES string of the molecule is c1ccc2cc(-c3ccc4oc5cc(-c6nc(-c7ccc8ccccc8c7)c7ccccc7n6)ccc5c4c3)ccc2c1. The van der Waals surface area contributed by atoms with Gasteiger partial charge in [-0.3, -0.25) is 0 Å². The molecule has 2 heterocycles. The lowest BCUT2D eigenvalue weighted by molar-refractivity contribution is 0.669. The average molecular weight is 549 g/mol. The molecule has 3 heteroatoms. The first-order chi connectivity index (χ1) is 21.3. The molecule has 0 N–H and O–H groups in total. The van der Waals surface area contributed by atoms with Gasteiger partial charge in [0, 0.05) is 27.3 Å². The lowest BCUT2D eigenvalue weighted by atomic mass is 9.99. The van der Waals surface area contributed by atoms with Crippen LogP contribution in [-0.2, 0) is 0 Å². The van der Waals surface area contributed by atoms with Crippen molar-refractivity contribution in [3.8, 4) is 33.8 Å². The van der Waals surface area contributed by atoms with Crippen LogP contribution in [-0.4, -0.2) is 9.97 Å². The van der Waals surface area contributed by atoms with Crippen molar-refractivity contribution in [3.63, 3.8) is 0 Å². The zero-order valence-corrected chi connectivity index (χ0v) is 23.2. The van der Waals surface area contributed by atoms with E-state index in [9.17, 15) is 0 Å². The third kappa shape index (κ3) is 3.98. The largest absolute Gasteiger partial charge is 0.456 e. The number of fused-ring (bicyclic) bond motifs is 6. The summed E-state index contributed by atoms with van der Waals surface area (Å²) in [5.41, 5.74) is 7.90. The molecule has 7 aromatic carbocycles. The first kappa shape index (κ1) is 23.9. The molecule has 3 nitrogen and oxygen atoms in total. The van der Waals surface area contributed by atoms with Crippen LogP contribution in [0.1, 0.15) is 0 Å². The van der Waals surface area contributed by atoms with Crippen molar-refractivity contribution in [2.75, 3.05) is 0 Å². The molecule has 0 amide bonds. The van der Waals surface area contributed by atoms with E-state index in [0.29, 0.717) is 5.82 Å². The fourth-order valence-electron chi connectivity index (χ4n) is 6.23. The Hall–Kier alpha value is -5.80. The fraction of sp³-hybridized carbons (Fsp3) is 0. The van der Waals surface area contributed by atoms with Gasteiger partial charge >= 0.3 is 0 Å². The molecule has 0 saturated carbocycles. The van der Waals surface area contributed by atoms with Crippen LogP contribution in [0.2, 0.25) is 0 Å². The maximum Gasteiger partial charge on any atom is 0.160 e. The van der Waals surface area contributed by atoms with Crippen molar-refractivity contribution >= 4 is 54.4 Å². The topological polar surface area (TPSA) is 38.9 Å². The van der Waals surface area contributed by atoms with E-state index in [-0.39, 0.29) is 0 Å². The number of hydrogen-bond acceptors (Lipinski definition) is 3. The van der Waals surface area contributed by atoms with E-state index in [0.717, 1.165) is 49.7 Å². The number of hydrogen-bond donors (Lipinski definition) is 0. The molecule has 0 spiro atoms. The van der Waals surface area contributed by atoms with E-state index in [1.54, 1.807) is 0 Å². The standard InChI is InChI=1S/C40H24N2O/c1-3-9-27-21-29(15-13-25(27)7-1)30-18-20-37-35(23-30)33-19-17-32(24-38(33)43-37)40-41-36-12-6-5-11-34(36)39(42-40)31-16-14-26-8-2-4-10-28(26)22-31/h1-24H. The van der Waals surface area contributed by atoms with Crippen molar-refractivity contribution in [2.45, 2.75) is 0 Å². The van der Waals surface area contributed by atoms with Crippen molar-refractivity contribution in [1.29, 1.82) is 0 Å². The Kier molecular flexibility index (Phi) is 5.20. The highest BCUT2D eigenvalue weighted by atomic mass is 16.3. The Labute approximate surface area is 247 Å². The summed E-state index contributed by atoms with van der Waals surface area (Å²) in [7, 11) is 0. The maximum absolute atomic E-state index is 6.37. The Bertz CT molecular complexity index is 2520. The number of furan rings is 1. The summed E-state index contributed by atoms with van der Waals surface area (Å²) in [4.78, 5) is 10.1. The summed E-state index contributed by atoms with van der Waals surface area (Å²) < 4.78 is 6.37. The normalized spacial score (nSPS) is 11.7. The third-order valence-electron chi connectivity index (χ3n) is 8.44. The summed E-state index contributed by atoms with van der Waals surface area (Å²) in [6.45, 7) is 0. The number of benzene rings is 7. The minimum absolute atomic E-state index is 0.682. The molecule has 0 atom stereocenters. The van der Waals surface area contributed by atoms with Crippen LogP contribution in [0, 0.1) is 0 Å². The van der Waals surface area contributed by atoms with Gasteiger partial charge in [-0.15, -0.1) is 0 Å². The second-order valence-electron chi connectivity index (χ2n) is 11.1. The van der Waals surface area contributed by atoms with Crippen LogP contribution in [0.3, 0.4) is 0 Å². The van der Waals surface area contributed by atoms with Crippen LogP contribution in [0.4, 0.5) is 0 Å². The smallest absolute Gasteiger partial charge is 0.160 e. The Morgan fingerprint density at radius 3 is 1.81 bits per heavy atom. The number of aromatic nitrogens is 2. The predicted molar refractivity (Wildman–Crippen MR) is 178 cm³/mol. The van der Waals surface area contributed by atoms with Gasteiger partial charge in [-0.25, -0.2) is 9.97 Å². The molecule has 0 saturated heterocycles. The quantitative estimate of drug-likeness (QED) is 0.220. The second kappa shape index (κ2) is 9.37. The summed E-state index contributed by atoms with van der Waals surface area (Å²) in [6.07, 6.45) is 0. The van der Waals surface area contributed by atoms with Gasteiger partial charge in [0.1, 0.15) is 11.2 Å². The number of para-hydroxylation sites is 1. The fourth-order valence-corrected chi connectivity index (χ4v) is 6.23. The predicted octanol–water partition coefficient (Wildman–Crippen LogP) is 10.8. The minimum Gasteiger partial charge on any atom is -0.456 e. The van der Waals surface area contributed by atoms with Crippen LogP contribution in [0.25, 0.3) is 88.2 Å². The van der Waals surface area contributed by atoms with Gasteiger partial charge in [0.05, 0.1) is 11.2 Å². The molecule has 0 aliphatic heterocycles. The molecule has 43 heavy (non-hydrogen) atoms. The second-order valence-corrected chi connectivity index (χ2v) is 11.1. The molecular weight excluding hydrogens is 524 g/mol. The van der Waals surface area contributed by atoms with Crippen molar-refractivity contribution in [3.05, 3.63) is 146 Å². The molecule has 0 unspecified atom stereocenters.